The third kappa shape index (κ3) is 7.10. The zero-order valence-corrected chi connectivity index (χ0v) is 11.8. The Balaban J connectivity index is 0. The molecule has 15 heavy (non-hydrogen) atoms. The van der Waals surface area contributed by atoms with E-state index in [0.29, 0.717) is 0 Å². The first-order chi connectivity index (χ1) is 6.34. The van der Waals surface area contributed by atoms with Gasteiger partial charge in [-0.25, -0.2) is 0 Å². The molecule has 1 aromatic rings. The third-order valence-corrected chi connectivity index (χ3v) is 2.42. The van der Waals surface area contributed by atoms with E-state index in [-0.39, 0.29) is 35.5 Å². The van der Waals surface area contributed by atoms with E-state index in [2.05, 4.69) is 38.1 Å². The van der Waals surface area contributed by atoms with E-state index in [0.717, 1.165) is 0 Å². The molecule has 1 rings (SSSR count). The number of aryl methyl sites for hydroxylation is 1. The van der Waals surface area contributed by atoms with Crippen LogP contribution in [0.15, 0.2) is 24.3 Å². The maximum atomic E-state index is 4.02. The van der Waals surface area contributed by atoms with Crippen LogP contribution in [0.5, 0.6) is 0 Å². The van der Waals surface area contributed by atoms with Crippen LogP contribution in [-0.2, 0) is 6.42 Å². The molecule has 0 saturated carbocycles. The molecule has 0 spiro atoms. The van der Waals surface area contributed by atoms with Crippen molar-refractivity contribution in [2.45, 2.75) is 39.0 Å². The van der Waals surface area contributed by atoms with Crippen molar-refractivity contribution in [2.75, 3.05) is 0 Å². The summed E-state index contributed by atoms with van der Waals surface area (Å²) in [5.74, 6) is 0. The number of benzene rings is 1. The molecule has 80 valence electrons. The predicted molar refractivity (Wildman–Crippen MR) is 64.5 cm³/mol. The van der Waals surface area contributed by atoms with Crippen LogP contribution in [0.1, 0.15) is 43.7 Å². The number of unbranched alkanes of at least 4 members (excludes halogenated alkanes) is 3. The maximum Gasteiger partial charge on any atom is 2.00 e. The Kier molecular flexibility index (Phi) is 12.5. The molecular weight excluding hydrogens is 216 g/mol. The summed E-state index contributed by atoms with van der Waals surface area (Å²) in [4.78, 5) is 0. The van der Waals surface area contributed by atoms with E-state index < -0.39 is 0 Å². The second kappa shape index (κ2) is 10.7. The Labute approximate surface area is 116 Å². The number of hydrogen-bond donors (Lipinski definition) is 0. The van der Waals surface area contributed by atoms with Gasteiger partial charge in [0.15, 0.2) is 0 Å². The molecule has 0 aromatic heterocycles. The van der Waals surface area contributed by atoms with Gasteiger partial charge in [-0.15, -0.1) is 17.7 Å². The van der Waals surface area contributed by atoms with Crippen LogP contribution in [0.4, 0.5) is 0 Å². The number of rotatable bonds is 5. The van der Waals surface area contributed by atoms with Gasteiger partial charge >= 0.3 is 23.1 Å². The zero-order chi connectivity index (χ0) is 9.52. The fourth-order valence-electron chi connectivity index (χ4n) is 1.54. The summed E-state index contributed by atoms with van der Waals surface area (Å²) in [5, 5.41) is 0. The van der Waals surface area contributed by atoms with Gasteiger partial charge in [-0.3, -0.25) is 0 Å². The van der Waals surface area contributed by atoms with Gasteiger partial charge in [0.1, 0.15) is 0 Å². The molecule has 0 nitrogen and oxygen atoms in total. The normalized spacial score (nSPS) is 8.87. The molecule has 0 aliphatic heterocycles. The number of hydrogen-bond acceptors (Lipinski definition) is 0. The number of halogens is 1. The summed E-state index contributed by atoms with van der Waals surface area (Å²) in [7, 11) is 0. The van der Waals surface area contributed by atoms with Crippen LogP contribution >= 0.6 is 0 Å². The Morgan fingerprint density at radius 2 is 1.73 bits per heavy atom. The van der Waals surface area contributed by atoms with E-state index >= 15 is 0 Å². The van der Waals surface area contributed by atoms with Crippen molar-refractivity contribution in [3.63, 3.8) is 0 Å². The molecule has 0 fully saturated rings. The Morgan fingerprint density at radius 1 is 1.07 bits per heavy atom. The van der Waals surface area contributed by atoms with E-state index in [4.69, 9.17) is 0 Å². The molecule has 2 heteroatoms. The first-order valence-corrected chi connectivity index (χ1v) is 5.24. The molecule has 0 heterocycles. The second-order valence-electron chi connectivity index (χ2n) is 3.58. The zero-order valence-electron chi connectivity index (χ0n) is 9.64. The van der Waals surface area contributed by atoms with Crippen LogP contribution in [0.25, 0.3) is 0 Å². The van der Waals surface area contributed by atoms with Crippen LogP contribution in [0.2, 0.25) is 0 Å². The van der Waals surface area contributed by atoms with Crippen LogP contribution in [0.3, 0.4) is 0 Å². The molecule has 0 aliphatic rings. The molecule has 0 amide bonds. The Hall–Kier alpha value is 0.146. The molecule has 0 N–H and O–H groups in total. The Morgan fingerprint density at radius 3 is 2.33 bits per heavy atom. The third-order valence-electron chi connectivity index (χ3n) is 2.42. The standard InChI is InChI=1S/C13H19.ClH.Mg/c1-3-4-5-6-10-13-11-8-7-9-12(13)2;;/h7-9,11H,2-6,10H2,1H3;1H;/q-1;;+2/p-1. The summed E-state index contributed by atoms with van der Waals surface area (Å²) in [6.45, 7) is 6.26. The summed E-state index contributed by atoms with van der Waals surface area (Å²) in [6.07, 6.45) is 6.52. The minimum Gasteiger partial charge on any atom is -1.00 e. The van der Waals surface area contributed by atoms with Gasteiger partial charge in [0, 0.05) is 0 Å². The largest absolute Gasteiger partial charge is 2.00 e. The van der Waals surface area contributed by atoms with Gasteiger partial charge in [-0.2, -0.15) is 18.6 Å². The molecule has 0 radical (unpaired) electrons. The van der Waals surface area contributed by atoms with Crippen molar-refractivity contribution in [1.82, 2.24) is 0 Å². The average molecular weight is 235 g/mol. The minimum absolute atomic E-state index is 0. The van der Waals surface area contributed by atoms with Crippen molar-refractivity contribution in [3.8, 4) is 0 Å². The van der Waals surface area contributed by atoms with Crippen LogP contribution in [0, 0.1) is 6.92 Å². The molecule has 0 bridgehead atoms. The predicted octanol–water partition coefficient (Wildman–Crippen LogP) is 0.615. The van der Waals surface area contributed by atoms with E-state index in [1.807, 2.05) is 0 Å². The SMILES string of the molecule is [CH2-]c1ccccc1CCCCCC.[Cl-].[Mg+2]. The summed E-state index contributed by atoms with van der Waals surface area (Å²) in [5.41, 5.74) is 2.61. The summed E-state index contributed by atoms with van der Waals surface area (Å²) >= 11 is 0. The molecule has 0 unspecified atom stereocenters. The van der Waals surface area contributed by atoms with E-state index in [1.54, 1.807) is 0 Å². The van der Waals surface area contributed by atoms with Crippen molar-refractivity contribution in [3.05, 3.63) is 42.3 Å². The van der Waals surface area contributed by atoms with Crippen molar-refractivity contribution in [1.29, 1.82) is 0 Å². The topological polar surface area (TPSA) is 0 Å². The van der Waals surface area contributed by atoms with Gasteiger partial charge in [0.2, 0.25) is 0 Å². The summed E-state index contributed by atoms with van der Waals surface area (Å²) in [6, 6.07) is 8.44. The van der Waals surface area contributed by atoms with Crippen LogP contribution < -0.4 is 12.4 Å². The van der Waals surface area contributed by atoms with Gasteiger partial charge in [-0.05, 0) is 0 Å². The van der Waals surface area contributed by atoms with Crippen molar-refractivity contribution >= 4 is 23.1 Å². The van der Waals surface area contributed by atoms with Gasteiger partial charge < -0.3 is 12.4 Å². The molecular formula is C13H19ClMg. The maximum absolute atomic E-state index is 4.02. The van der Waals surface area contributed by atoms with Crippen molar-refractivity contribution < 1.29 is 12.4 Å². The molecule has 0 aliphatic carbocycles. The minimum atomic E-state index is 0. The van der Waals surface area contributed by atoms with E-state index in [1.165, 1.54) is 43.2 Å². The van der Waals surface area contributed by atoms with Gasteiger partial charge in [-0.1, -0.05) is 45.1 Å². The van der Waals surface area contributed by atoms with E-state index in [9.17, 15) is 0 Å². The van der Waals surface area contributed by atoms with Crippen molar-refractivity contribution in [2.24, 2.45) is 0 Å². The quantitative estimate of drug-likeness (QED) is 0.398. The first-order valence-electron chi connectivity index (χ1n) is 5.24. The second-order valence-corrected chi connectivity index (χ2v) is 3.58. The smallest absolute Gasteiger partial charge is 1.00 e. The molecule has 0 atom stereocenters. The van der Waals surface area contributed by atoms with Gasteiger partial charge in [0.05, 0.1) is 0 Å². The fourth-order valence-corrected chi connectivity index (χ4v) is 1.54. The molecule has 0 saturated heterocycles. The monoisotopic (exact) mass is 234 g/mol. The van der Waals surface area contributed by atoms with Crippen LogP contribution in [-0.4, -0.2) is 23.1 Å². The fraction of sp³-hybridized carbons (Fsp3) is 0.462. The average Bonchev–Trinajstić information content (AvgIpc) is 2.15. The summed E-state index contributed by atoms with van der Waals surface area (Å²) < 4.78 is 0. The Bertz CT molecular complexity index is 248. The molecule has 1 aromatic carbocycles. The van der Waals surface area contributed by atoms with Gasteiger partial charge in [0.25, 0.3) is 0 Å². The first kappa shape index (κ1) is 17.5.